The lowest BCUT2D eigenvalue weighted by molar-refractivity contribution is -0.0116. The summed E-state index contributed by atoms with van der Waals surface area (Å²) in [5.74, 6) is 4.37. The van der Waals surface area contributed by atoms with E-state index in [0.29, 0.717) is 54.3 Å². The second-order valence-electron chi connectivity index (χ2n) is 15.1. The summed E-state index contributed by atoms with van der Waals surface area (Å²) in [6.07, 6.45) is 17.6. The normalized spacial score (nSPS) is 36.2. The zero-order chi connectivity index (χ0) is 36.4. The highest BCUT2D eigenvalue weighted by molar-refractivity contribution is 4.93. The van der Waals surface area contributed by atoms with Crippen LogP contribution in [0.15, 0.2) is 38.0 Å². The van der Waals surface area contributed by atoms with E-state index in [0.717, 1.165) is 56.8 Å². The van der Waals surface area contributed by atoms with Gasteiger partial charge in [0.1, 0.15) is 0 Å². The first-order valence-electron chi connectivity index (χ1n) is 19.7. The van der Waals surface area contributed by atoms with E-state index < -0.39 is 6.10 Å². The molecule has 15 atom stereocenters. The molecule has 6 nitrogen and oxygen atoms in total. The fraction of sp³-hybridized carbons (Fsp3) is 0.857. The monoisotopic (exact) mass is 679 g/mol. The summed E-state index contributed by atoms with van der Waals surface area (Å²) in [4.78, 5) is 0. The fourth-order valence-electron chi connectivity index (χ4n) is 8.43. The molecule has 3 N–H and O–H groups in total. The van der Waals surface area contributed by atoms with Gasteiger partial charge in [0.15, 0.2) is 0 Å². The third-order valence-corrected chi connectivity index (χ3v) is 11.9. The van der Waals surface area contributed by atoms with Gasteiger partial charge in [0, 0.05) is 6.42 Å². The van der Waals surface area contributed by atoms with Gasteiger partial charge in [-0.05, 0) is 80.0 Å². The summed E-state index contributed by atoms with van der Waals surface area (Å²) in [7, 11) is 0. The van der Waals surface area contributed by atoms with Gasteiger partial charge in [-0.2, -0.15) is 0 Å². The largest absolute Gasteiger partial charge is 0.394 e. The van der Waals surface area contributed by atoms with Gasteiger partial charge in [0.25, 0.3) is 0 Å². The van der Waals surface area contributed by atoms with Crippen LogP contribution in [0.1, 0.15) is 133 Å². The van der Waals surface area contributed by atoms with Crippen molar-refractivity contribution in [3.05, 3.63) is 38.0 Å². The van der Waals surface area contributed by atoms with Crippen molar-refractivity contribution in [2.75, 3.05) is 6.61 Å². The van der Waals surface area contributed by atoms with E-state index in [-0.39, 0.29) is 31.0 Å². The van der Waals surface area contributed by atoms with Gasteiger partial charge in [-0.3, -0.25) is 0 Å². The van der Waals surface area contributed by atoms with Gasteiger partial charge in [-0.15, -0.1) is 19.7 Å². The molecule has 3 saturated heterocycles. The molecule has 0 saturated carbocycles. The van der Waals surface area contributed by atoms with Crippen LogP contribution in [0.5, 0.6) is 0 Å². The van der Waals surface area contributed by atoms with Crippen molar-refractivity contribution in [1.82, 2.24) is 0 Å². The average Bonchev–Trinajstić information content (AvgIpc) is 3.65. The molecule has 48 heavy (non-hydrogen) atoms. The zero-order valence-corrected chi connectivity index (χ0v) is 32.6. The maximum absolute atomic E-state index is 9.71. The molecule has 0 aromatic heterocycles. The van der Waals surface area contributed by atoms with Gasteiger partial charge < -0.3 is 29.5 Å². The van der Waals surface area contributed by atoms with Gasteiger partial charge in [-0.1, -0.05) is 106 Å². The Bertz CT molecular complexity index is 754. The van der Waals surface area contributed by atoms with E-state index in [1.807, 2.05) is 25.2 Å². The van der Waals surface area contributed by atoms with Gasteiger partial charge in [-0.25, -0.2) is 0 Å². The van der Waals surface area contributed by atoms with E-state index in [1.165, 1.54) is 19.3 Å². The van der Waals surface area contributed by atoms with Crippen LogP contribution in [-0.2, 0) is 14.2 Å². The van der Waals surface area contributed by atoms with Crippen molar-refractivity contribution < 1.29 is 29.5 Å². The van der Waals surface area contributed by atoms with Gasteiger partial charge >= 0.3 is 0 Å². The molecule has 0 bridgehead atoms. The first-order chi connectivity index (χ1) is 22.9. The van der Waals surface area contributed by atoms with Crippen molar-refractivity contribution in [2.24, 2.45) is 41.4 Å². The summed E-state index contributed by atoms with van der Waals surface area (Å²) >= 11 is 0. The highest BCUT2D eigenvalue weighted by atomic mass is 16.5. The maximum atomic E-state index is 9.71. The van der Waals surface area contributed by atoms with E-state index in [1.54, 1.807) is 0 Å². The Balaban J connectivity index is 0.000000360. The molecular weight excluding hydrogens is 600 g/mol. The van der Waals surface area contributed by atoms with Crippen LogP contribution in [0, 0.1) is 41.4 Å². The van der Waals surface area contributed by atoms with Crippen LogP contribution in [0.2, 0.25) is 0 Å². The summed E-state index contributed by atoms with van der Waals surface area (Å²) in [5.41, 5.74) is 0. The minimum atomic E-state index is -0.660. The van der Waals surface area contributed by atoms with Crippen LogP contribution in [-0.4, -0.2) is 70.8 Å². The standard InChI is InChI=1S/C15H28O.C14H26O2.C13H24O3/c1-6-9-14-13(8-3)12(5)15(16-14)10-11(4)7-2;1-5-8-13-12(7-3)10(4)14(16-13)9-11(15)6-2;1-4-6-12-11(5-2)9(3)13(16-12)7-10(15)8-14/h6,11-15H,1,7-10H2,2-5H3;5,10-15H,1,6-9H2,2-4H3;4,9-15H,1,5-8H2,2-3H3/t11-,12-,13-,14+,15-;10-,11-,12-,13+,14-;9-,10+,11-,12+,13-/m111/s1. The summed E-state index contributed by atoms with van der Waals surface area (Å²) < 4.78 is 18.2. The molecule has 3 aliphatic heterocycles. The molecule has 0 aromatic rings. The summed E-state index contributed by atoms with van der Waals surface area (Å²) in [6, 6.07) is 0. The highest BCUT2D eigenvalue weighted by Crippen LogP contribution is 2.40. The number of aliphatic hydroxyl groups is 3. The summed E-state index contributed by atoms with van der Waals surface area (Å²) in [5, 5.41) is 28.0. The molecule has 6 heteroatoms. The number of hydrogen-bond donors (Lipinski definition) is 3. The maximum Gasteiger partial charge on any atom is 0.0795 e. The topological polar surface area (TPSA) is 88.4 Å². The van der Waals surface area contributed by atoms with Crippen LogP contribution in [0.4, 0.5) is 0 Å². The minimum Gasteiger partial charge on any atom is -0.394 e. The lowest BCUT2D eigenvalue weighted by Crippen LogP contribution is -2.25. The Morgan fingerprint density at radius 3 is 1.15 bits per heavy atom. The molecule has 0 unspecified atom stereocenters. The predicted molar refractivity (Wildman–Crippen MR) is 202 cm³/mol. The number of ether oxygens (including phenoxy) is 3. The first kappa shape index (κ1) is 45.0. The average molecular weight is 679 g/mol. The van der Waals surface area contributed by atoms with E-state index in [9.17, 15) is 10.2 Å². The Morgan fingerprint density at radius 1 is 0.542 bits per heavy atom. The lowest BCUT2D eigenvalue weighted by Gasteiger charge is -2.20. The van der Waals surface area contributed by atoms with Crippen LogP contribution >= 0.6 is 0 Å². The highest BCUT2D eigenvalue weighted by Gasteiger charge is 2.42. The van der Waals surface area contributed by atoms with Crippen molar-refractivity contribution in [1.29, 1.82) is 0 Å². The van der Waals surface area contributed by atoms with Crippen molar-refractivity contribution in [3.63, 3.8) is 0 Å². The number of hydrogen-bond acceptors (Lipinski definition) is 6. The molecule has 0 aliphatic carbocycles. The molecule has 3 heterocycles. The lowest BCUT2D eigenvalue weighted by atomic mass is 9.83. The smallest absolute Gasteiger partial charge is 0.0795 e. The van der Waals surface area contributed by atoms with E-state index >= 15 is 0 Å². The quantitative estimate of drug-likeness (QED) is 0.125. The molecule has 3 fully saturated rings. The van der Waals surface area contributed by atoms with Crippen LogP contribution in [0.3, 0.4) is 0 Å². The molecule has 3 rings (SSSR count). The Morgan fingerprint density at radius 2 is 0.875 bits per heavy atom. The first-order valence-corrected chi connectivity index (χ1v) is 19.7. The summed E-state index contributed by atoms with van der Waals surface area (Å²) in [6.45, 7) is 31.3. The molecule has 0 spiro atoms. The Kier molecular flexibility index (Phi) is 22.7. The van der Waals surface area contributed by atoms with Crippen molar-refractivity contribution >= 4 is 0 Å². The SMILES string of the molecule is C=CC[C@@H]1O[C@H](C[C@H](C)CC)[C@H](C)[C@H]1CC.C=CC[C@@H]1O[C@H](C[C@H](O)CC)[C@H](C)[C@H]1CC.C=CC[C@@H]1O[C@H](C[C@H](O)CO)[C@H](C)[C@H]1CC. The van der Waals surface area contributed by atoms with Crippen molar-refractivity contribution in [2.45, 2.75) is 182 Å². The van der Waals surface area contributed by atoms with E-state index in [4.69, 9.17) is 19.3 Å². The van der Waals surface area contributed by atoms with Gasteiger partial charge in [0.2, 0.25) is 0 Å². The van der Waals surface area contributed by atoms with Crippen molar-refractivity contribution in [3.8, 4) is 0 Å². The Hall–Kier alpha value is -1.02. The fourth-order valence-corrected chi connectivity index (χ4v) is 8.43. The van der Waals surface area contributed by atoms with Crippen LogP contribution in [0.25, 0.3) is 0 Å². The third kappa shape index (κ3) is 13.6. The molecule has 0 radical (unpaired) electrons. The second-order valence-corrected chi connectivity index (χ2v) is 15.1. The molecule has 0 amide bonds. The third-order valence-electron chi connectivity index (χ3n) is 11.9. The Labute approximate surface area is 296 Å². The molecule has 0 aromatic carbocycles. The zero-order valence-electron chi connectivity index (χ0n) is 32.6. The van der Waals surface area contributed by atoms with Gasteiger partial charge in [0.05, 0.1) is 55.4 Å². The molecular formula is C42H78O6. The number of rotatable bonds is 18. The van der Waals surface area contributed by atoms with E-state index in [2.05, 4.69) is 75.1 Å². The predicted octanol–water partition coefficient (Wildman–Crippen LogP) is 9.32. The molecule has 282 valence electrons. The molecule has 3 aliphatic rings. The second kappa shape index (κ2) is 24.2. The minimum absolute atomic E-state index is 0.0667. The number of aliphatic hydroxyl groups excluding tert-OH is 3. The van der Waals surface area contributed by atoms with Crippen LogP contribution < -0.4 is 0 Å².